The van der Waals surface area contributed by atoms with Crippen LogP contribution in [0.2, 0.25) is 0 Å². The average molecular weight is 360 g/mol. The van der Waals surface area contributed by atoms with Gasteiger partial charge in [-0.15, -0.1) is 0 Å². The summed E-state index contributed by atoms with van der Waals surface area (Å²) in [5.74, 6) is -0.507. The van der Waals surface area contributed by atoms with Gasteiger partial charge in [-0.2, -0.15) is 8.42 Å². The molecule has 0 aliphatic rings. The molecule has 0 spiro atoms. The summed E-state index contributed by atoms with van der Waals surface area (Å²) in [6.45, 7) is 0. The Hall–Kier alpha value is -1.38. The van der Waals surface area contributed by atoms with Crippen LogP contribution in [0.5, 0.6) is 11.5 Å². The standard InChI is InChI=1S/C16H16O6S.Na.H/c1-22-15-9-12(7-8-13(15)17)14(18)10-16(23(19,20)21)11-5-3-2-4-6-11;;/h2-9,16-17H,10H2,1H3,(H,19,20,21);;/q;+1;-1. The van der Waals surface area contributed by atoms with E-state index in [-0.39, 0.29) is 48.0 Å². The SMILES string of the molecule is COc1cc(C(=O)CC(c2ccccc2)S(=O)(=O)O)ccc1O.[H-].[Na+]. The van der Waals surface area contributed by atoms with Crippen LogP contribution in [0.1, 0.15) is 29.0 Å². The van der Waals surface area contributed by atoms with Crippen LogP contribution in [0.15, 0.2) is 48.5 Å². The number of aromatic hydroxyl groups is 1. The molecule has 0 aliphatic carbocycles. The molecule has 2 N–H and O–H groups in total. The zero-order valence-corrected chi connectivity index (χ0v) is 16.2. The number of carbonyl (C=O) groups excluding carboxylic acids is 1. The molecule has 0 bridgehead atoms. The van der Waals surface area contributed by atoms with Gasteiger partial charge in [-0.1, -0.05) is 30.3 Å². The zero-order chi connectivity index (χ0) is 17.0. The Bertz CT molecular complexity index is 811. The van der Waals surface area contributed by atoms with Crippen molar-refractivity contribution in [2.24, 2.45) is 0 Å². The van der Waals surface area contributed by atoms with Gasteiger partial charge in [-0.05, 0) is 23.8 Å². The Morgan fingerprint density at radius 1 is 1.21 bits per heavy atom. The number of hydrogen-bond acceptors (Lipinski definition) is 5. The van der Waals surface area contributed by atoms with E-state index in [9.17, 15) is 22.9 Å². The topological polar surface area (TPSA) is 101 Å². The second-order valence-corrected chi connectivity index (χ2v) is 6.53. The summed E-state index contributed by atoms with van der Waals surface area (Å²) < 4.78 is 37.6. The van der Waals surface area contributed by atoms with Gasteiger partial charge in [0.05, 0.1) is 7.11 Å². The Labute approximate surface area is 164 Å². The van der Waals surface area contributed by atoms with Crippen LogP contribution in [0.3, 0.4) is 0 Å². The van der Waals surface area contributed by atoms with Gasteiger partial charge >= 0.3 is 29.6 Å². The summed E-state index contributed by atoms with van der Waals surface area (Å²) in [7, 11) is -3.10. The molecule has 0 aliphatic heterocycles. The largest absolute Gasteiger partial charge is 1.00 e. The summed E-state index contributed by atoms with van der Waals surface area (Å²) >= 11 is 0. The minimum absolute atomic E-state index is 0. The zero-order valence-electron chi connectivity index (χ0n) is 14.3. The van der Waals surface area contributed by atoms with E-state index in [0.29, 0.717) is 5.56 Å². The van der Waals surface area contributed by atoms with E-state index in [2.05, 4.69) is 0 Å². The predicted molar refractivity (Wildman–Crippen MR) is 85.4 cm³/mol. The van der Waals surface area contributed by atoms with Crippen molar-refractivity contribution in [1.82, 2.24) is 0 Å². The maximum Gasteiger partial charge on any atom is 1.00 e. The molecule has 0 radical (unpaired) electrons. The first kappa shape index (κ1) is 20.7. The summed E-state index contributed by atoms with van der Waals surface area (Å²) in [5.41, 5.74) is 0.512. The average Bonchev–Trinajstić information content (AvgIpc) is 2.52. The fraction of sp³-hybridized carbons (Fsp3) is 0.188. The van der Waals surface area contributed by atoms with E-state index in [0.717, 1.165) is 0 Å². The fourth-order valence-corrected chi connectivity index (χ4v) is 3.06. The first-order valence-corrected chi connectivity index (χ1v) is 8.24. The molecule has 6 nitrogen and oxygen atoms in total. The molecule has 0 aromatic heterocycles. The quantitative estimate of drug-likeness (QED) is 0.417. The maximum absolute atomic E-state index is 12.3. The molecule has 0 fully saturated rings. The molecular formula is C16H17NaO6S. The Balaban J connectivity index is 0.00000288. The molecule has 0 heterocycles. The van der Waals surface area contributed by atoms with Crippen molar-refractivity contribution in [1.29, 1.82) is 0 Å². The molecule has 124 valence electrons. The van der Waals surface area contributed by atoms with Gasteiger partial charge < -0.3 is 11.3 Å². The van der Waals surface area contributed by atoms with Crippen LogP contribution >= 0.6 is 0 Å². The Morgan fingerprint density at radius 2 is 1.83 bits per heavy atom. The first-order chi connectivity index (χ1) is 10.8. The van der Waals surface area contributed by atoms with Crippen molar-refractivity contribution in [3.8, 4) is 11.5 Å². The molecule has 2 aromatic rings. The van der Waals surface area contributed by atoms with Crippen molar-refractivity contribution in [3.63, 3.8) is 0 Å². The van der Waals surface area contributed by atoms with Crippen LogP contribution in [0, 0.1) is 0 Å². The molecule has 0 saturated carbocycles. The van der Waals surface area contributed by atoms with Gasteiger partial charge in [0.25, 0.3) is 10.1 Å². The molecule has 2 aromatic carbocycles. The van der Waals surface area contributed by atoms with Crippen molar-refractivity contribution < 1.29 is 58.6 Å². The monoisotopic (exact) mass is 360 g/mol. The number of ketones is 1. The molecule has 0 amide bonds. The molecule has 24 heavy (non-hydrogen) atoms. The van der Waals surface area contributed by atoms with Crippen LogP contribution in [0.4, 0.5) is 0 Å². The second kappa shape index (κ2) is 8.64. The van der Waals surface area contributed by atoms with Gasteiger partial charge in [0.15, 0.2) is 17.3 Å². The first-order valence-electron chi connectivity index (χ1n) is 6.74. The summed E-state index contributed by atoms with van der Waals surface area (Å²) in [6.07, 6.45) is -0.420. The third-order valence-electron chi connectivity index (χ3n) is 3.40. The third kappa shape index (κ3) is 5.06. The van der Waals surface area contributed by atoms with E-state index >= 15 is 0 Å². The Morgan fingerprint density at radius 3 is 2.38 bits per heavy atom. The van der Waals surface area contributed by atoms with Crippen LogP contribution in [0.25, 0.3) is 0 Å². The molecular weight excluding hydrogens is 343 g/mol. The van der Waals surface area contributed by atoms with Crippen molar-refractivity contribution in [2.45, 2.75) is 11.7 Å². The minimum Gasteiger partial charge on any atom is -1.00 e. The summed E-state index contributed by atoms with van der Waals surface area (Å²) in [4.78, 5) is 12.3. The van der Waals surface area contributed by atoms with Gasteiger partial charge in [-0.25, -0.2) is 0 Å². The number of hydrogen-bond donors (Lipinski definition) is 2. The van der Waals surface area contributed by atoms with Crippen LogP contribution < -0.4 is 34.3 Å². The van der Waals surface area contributed by atoms with Crippen LogP contribution in [-0.2, 0) is 10.1 Å². The molecule has 1 atom stereocenters. The van der Waals surface area contributed by atoms with Crippen molar-refractivity contribution in [2.75, 3.05) is 7.11 Å². The number of rotatable bonds is 6. The minimum atomic E-state index is -4.45. The van der Waals surface area contributed by atoms with Gasteiger partial charge in [0, 0.05) is 12.0 Å². The molecule has 2 rings (SSSR count). The van der Waals surface area contributed by atoms with Crippen molar-refractivity contribution in [3.05, 3.63) is 59.7 Å². The van der Waals surface area contributed by atoms with E-state index in [4.69, 9.17) is 4.74 Å². The predicted octanol–water partition coefficient (Wildman–Crippen LogP) is -0.281. The van der Waals surface area contributed by atoms with Crippen molar-refractivity contribution >= 4 is 15.9 Å². The smallest absolute Gasteiger partial charge is 1.00 e. The maximum atomic E-state index is 12.3. The fourth-order valence-electron chi connectivity index (χ4n) is 2.20. The second-order valence-electron chi connectivity index (χ2n) is 4.93. The summed E-state index contributed by atoms with van der Waals surface area (Å²) in [5, 5.41) is 8.18. The number of benzene rings is 2. The van der Waals surface area contributed by atoms with Gasteiger partial charge in [0.2, 0.25) is 0 Å². The van der Waals surface area contributed by atoms with E-state index in [1.54, 1.807) is 18.2 Å². The van der Waals surface area contributed by atoms with E-state index < -0.39 is 27.6 Å². The van der Waals surface area contributed by atoms with E-state index in [1.807, 2.05) is 0 Å². The van der Waals surface area contributed by atoms with Gasteiger partial charge in [0.1, 0.15) is 5.25 Å². The molecule has 8 heteroatoms. The van der Waals surface area contributed by atoms with E-state index in [1.165, 1.54) is 37.4 Å². The number of phenolic OH excluding ortho intramolecular Hbond substituents is 1. The number of Topliss-reactive ketones (excluding diaryl/α,β-unsaturated/α-hetero) is 1. The Kier molecular flexibility index (Phi) is 7.44. The number of methoxy groups -OCH3 is 1. The summed E-state index contributed by atoms with van der Waals surface area (Å²) in [6, 6.07) is 12.0. The molecule has 1 unspecified atom stereocenters. The number of carbonyl (C=O) groups is 1. The third-order valence-corrected chi connectivity index (χ3v) is 4.56. The normalized spacial score (nSPS) is 12.1. The van der Waals surface area contributed by atoms with Gasteiger partial charge in [-0.3, -0.25) is 9.35 Å². The molecule has 0 saturated heterocycles. The number of ether oxygens (including phenoxy) is 1. The van der Waals surface area contributed by atoms with Crippen LogP contribution in [-0.4, -0.2) is 31.0 Å². The number of phenols is 1.